The maximum Gasteiger partial charge on any atom is 0.243 e. The minimum Gasteiger partial charge on any atom is -0.376 e. The van der Waals surface area contributed by atoms with Crippen LogP contribution in [-0.4, -0.2) is 98.7 Å². The SMILES string of the molecule is CN(C)C(=O)CN=C(NCC1CCCO1)N1CCN(C2CCCCC2)CC1. The average Bonchev–Trinajstić information content (AvgIpc) is 3.22. The second kappa shape index (κ2) is 10.3. The van der Waals surface area contributed by atoms with Crippen molar-refractivity contribution in [3.63, 3.8) is 0 Å². The van der Waals surface area contributed by atoms with Crippen LogP contribution in [0.15, 0.2) is 4.99 Å². The number of aliphatic imine (C=N–C) groups is 1. The summed E-state index contributed by atoms with van der Waals surface area (Å²) in [5.41, 5.74) is 0. The first-order valence-electron chi connectivity index (χ1n) is 10.7. The molecule has 0 aromatic heterocycles. The molecule has 3 fully saturated rings. The molecule has 0 spiro atoms. The number of nitrogens with zero attached hydrogens (tertiary/aromatic N) is 4. The van der Waals surface area contributed by atoms with Gasteiger partial charge in [0, 0.05) is 59.5 Å². The van der Waals surface area contributed by atoms with Gasteiger partial charge in [-0.05, 0) is 25.7 Å². The van der Waals surface area contributed by atoms with Crippen molar-refractivity contribution >= 4 is 11.9 Å². The molecule has 7 heteroatoms. The summed E-state index contributed by atoms with van der Waals surface area (Å²) >= 11 is 0. The molecule has 1 atom stereocenters. The van der Waals surface area contributed by atoms with Crippen molar-refractivity contribution in [3.8, 4) is 0 Å². The van der Waals surface area contributed by atoms with Gasteiger partial charge in [-0.25, -0.2) is 4.99 Å². The summed E-state index contributed by atoms with van der Waals surface area (Å²) in [6.45, 7) is 5.97. The Bertz CT molecular complexity index is 491. The van der Waals surface area contributed by atoms with Gasteiger partial charge in [-0.2, -0.15) is 0 Å². The minimum absolute atomic E-state index is 0.0345. The van der Waals surface area contributed by atoms with Crippen LogP contribution in [0.4, 0.5) is 0 Å². The van der Waals surface area contributed by atoms with Crippen molar-refractivity contribution in [2.45, 2.75) is 57.1 Å². The quantitative estimate of drug-likeness (QED) is 0.574. The van der Waals surface area contributed by atoms with E-state index in [4.69, 9.17) is 4.74 Å². The van der Waals surface area contributed by atoms with E-state index in [1.54, 1.807) is 19.0 Å². The van der Waals surface area contributed by atoms with E-state index in [-0.39, 0.29) is 18.6 Å². The lowest BCUT2D eigenvalue weighted by Gasteiger charge is -2.41. The second-order valence-electron chi connectivity index (χ2n) is 8.26. The summed E-state index contributed by atoms with van der Waals surface area (Å²) in [4.78, 5) is 23.2. The minimum atomic E-state index is 0.0345. The van der Waals surface area contributed by atoms with Crippen LogP contribution in [-0.2, 0) is 9.53 Å². The third-order valence-corrected chi connectivity index (χ3v) is 6.08. The predicted octanol–water partition coefficient (Wildman–Crippen LogP) is 1.15. The molecule has 3 rings (SSSR count). The van der Waals surface area contributed by atoms with E-state index >= 15 is 0 Å². The van der Waals surface area contributed by atoms with E-state index in [9.17, 15) is 4.79 Å². The molecule has 0 aromatic carbocycles. The van der Waals surface area contributed by atoms with Gasteiger partial charge in [-0.1, -0.05) is 19.3 Å². The summed E-state index contributed by atoms with van der Waals surface area (Å²) in [6.07, 6.45) is 9.39. The lowest BCUT2D eigenvalue weighted by molar-refractivity contribution is -0.127. The second-order valence-corrected chi connectivity index (χ2v) is 8.26. The molecule has 1 aliphatic carbocycles. The molecular weight excluding hydrogens is 342 g/mol. The number of likely N-dealkylation sites (N-methyl/N-ethyl adjacent to an activating group) is 1. The molecule has 2 aliphatic heterocycles. The highest BCUT2D eigenvalue weighted by atomic mass is 16.5. The van der Waals surface area contributed by atoms with Crippen LogP contribution in [0.2, 0.25) is 0 Å². The number of ether oxygens (including phenoxy) is 1. The smallest absolute Gasteiger partial charge is 0.243 e. The first-order valence-corrected chi connectivity index (χ1v) is 10.7. The molecule has 1 unspecified atom stereocenters. The van der Waals surface area contributed by atoms with Gasteiger partial charge < -0.3 is 19.9 Å². The third-order valence-electron chi connectivity index (χ3n) is 6.08. The van der Waals surface area contributed by atoms with Gasteiger partial charge in [0.05, 0.1) is 6.10 Å². The summed E-state index contributed by atoms with van der Waals surface area (Å²) < 4.78 is 5.73. The molecule has 154 valence electrons. The molecule has 1 amide bonds. The maximum atomic E-state index is 12.0. The Morgan fingerprint density at radius 1 is 1.07 bits per heavy atom. The van der Waals surface area contributed by atoms with Crippen LogP contribution in [0.25, 0.3) is 0 Å². The number of carbonyl (C=O) groups excluding carboxylic acids is 1. The van der Waals surface area contributed by atoms with Crippen LogP contribution in [0.5, 0.6) is 0 Å². The number of guanidine groups is 1. The van der Waals surface area contributed by atoms with Crippen molar-refractivity contribution < 1.29 is 9.53 Å². The van der Waals surface area contributed by atoms with Gasteiger partial charge in [0.15, 0.2) is 5.96 Å². The van der Waals surface area contributed by atoms with Crippen LogP contribution in [0.3, 0.4) is 0 Å². The van der Waals surface area contributed by atoms with Crippen LogP contribution in [0, 0.1) is 0 Å². The number of hydrogen-bond acceptors (Lipinski definition) is 4. The monoisotopic (exact) mass is 379 g/mol. The van der Waals surface area contributed by atoms with Gasteiger partial charge in [-0.3, -0.25) is 9.69 Å². The Hall–Kier alpha value is -1.34. The number of piperazine rings is 1. The zero-order valence-corrected chi connectivity index (χ0v) is 17.2. The van der Waals surface area contributed by atoms with E-state index < -0.39 is 0 Å². The summed E-state index contributed by atoms with van der Waals surface area (Å²) in [7, 11) is 3.56. The van der Waals surface area contributed by atoms with Crippen LogP contribution < -0.4 is 5.32 Å². The number of amides is 1. The fourth-order valence-electron chi connectivity index (χ4n) is 4.31. The summed E-state index contributed by atoms with van der Waals surface area (Å²) in [5.74, 6) is 0.899. The Labute approximate surface area is 164 Å². The molecule has 27 heavy (non-hydrogen) atoms. The summed E-state index contributed by atoms with van der Waals surface area (Å²) in [6, 6.07) is 0.774. The molecule has 0 aromatic rings. The molecule has 0 radical (unpaired) electrons. The lowest BCUT2D eigenvalue weighted by Crippen LogP contribution is -2.55. The molecule has 1 saturated carbocycles. The van der Waals surface area contributed by atoms with Gasteiger partial charge in [-0.15, -0.1) is 0 Å². The van der Waals surface area contributed by atoms with Crippen molar-refractivity contribution in [1.82, 2.24) is 20.0 Å². The highest BCUT2D eigenvalue weighted by molar-refractivity contribution is 5.85. The standard InChI is InChI=1S/C20H37N5O2/c1-23(2)19(26)16-22-20(21-15-18-9-6-14-27-18)25-12-10-24(11-13-25)17-7-4-3-5-8-17/h17-18H,3-16H2,1-2H3,(H,21,22). The highest BCUT2D eigenvalue weighted by Gasteiger charge is 2.27. The number of hydrogen-bond donors (Lipinski definition) is 1. The van der Waals surface area contributed by atoms with Gasteiger partial charge in [0.25, 0.3) is 0 Å². The fourth-order valence-corrected chi connectivity index (χ4v) is 4.31. The first-order chi connectivity index (χ1) is 13.1. The summed E-state index contributed by atoms with van der Waals surface area (Å²) in [5, 5.41) is 3.48. The van der Waals surface area contributed by atoms with Crippen LogP contribution in [0.1, 0.15) is 44.9 Å². The zero-order chi connectivity index (χ0) is 19.1. The zero-order valence-electron chi connectivity index (χ0n) is 17.2. The highest BCUT2D eigenvalue weighted by Crippen LogP contribution is 2.23. The molecule has 2 saturated heterocycles. The molecule has 3 aliphatic rings. The van der Waals surface area contributed by atoms with Gasteiger partial charge in [0.2, 0.25) is 5.91 Å². The maximum absolute atomic E-state index is 12.0. The van der Waals surface area contributed by atoms with E-state index in [1.165, 1.54) is 32.1 Å². The molecule has 0 bridgehead atoms. The molecular formula is C20H37N5O2. The van der Waals surface area contributed by atoms with E-state index in [2.05, 4.69) is 20.1 Å². The van der Waals surface area contributed by atoms with Crippen LogP contribution >= 0.6 is 0 Å². The lowest BCUT2D eigenvalue weighted by atomic mass is 9.94. The van der Waals surface area contributed by atoms with Crippen molar-refractivity contribution in [3.05, 3.63) is 0 Å². The first kappa shape index (κ1) is 20.4. The number of nitrogens with one attached hydrogen (secondary N) is 1. The van der Waals surface area contributed by atoms with Crippen molar-refractivity contribution in [1.29, 1.82) is 0 Å². The Balaban J connectivity index is 1.54. The fraction of sp³-hybridized carbons (Fsp3) is 0.900. The van der Waals surface area contributed by atoms with E-state index in [1.807, 2.05) is 0 Å². The Kier molecular flexibility index (Phi) is 7.76. The normalized spacial score (nSPS) is 25.6. The molecule has 7 nitrogen and oxygen atoms in total. The Morgan fingerprint density at radius 2 is 1.81 bits per heavy atom. The molecule has 1 N–H and O–H groups in total. The third kappa shape index (κ3) is 6.07. The Morgan fingerprint density at radius 3 is 2.44 bits per heavy atom. The topological polar surface area (TPSA) is 60.4 Å². The predicted molar refractivity (Wildman–Crippen MR) is 108 cm³/mol. The van der Waals surface area contributed by atoms with E-state index in [0.29, 0.717) is 0 Å². The van der Waals surface area contributed by atoms with Crippen molar-refractivity contribution in [2.24, 2.45) is 4.99 Å². The van der Waals surface area contributed by atoms with Crippen molar-refractivity contribution in [2.75, 3.05) is 60.0 Å². The number of carbonyl (C=O) groups is 1. The largest absolute Gasteiger partial charge is 0.376 e. The number of rotatable bonds is 5. The van der Waals surface area contributed by atoms with Gasteiger partial charge in [0.1, 0.15) is 6.54 Å². The van der Waals surface area contributed by atoms with Gasteiger partial charge >= 0.3 is 0 Å². The molecule has 2 heterocycles. The van der Waals surface area contributed by atoms with E-state index in [0.717, 1.165) is 64.2 Å². The average molecular weight is 380 g/mol.